The quantitative estimate of drug-likeness (QED) is 0.750. The number of halogens is 1. The van der Waals surface area contributed by atoms with Crippen molar-refractivity contribution in [3.05, 3.63) is 10.6 Å². The van der Waals surface area contributed by atoms with Crippen molar-refractivity contribution < 1.29 is 8.42 Å². The van der Waals surface area contributed by atoms with Crippen LogP contribution in [0.15, 0.2) is 0 Å². The molecule has 74 valence electrons. The molecule has 0 unspecified atom stereocenters. The second-order valence-corrected chi connectivity index (χ2v) is 6.19. The molecule has 13 heavy (non-hydrogen) atoms. The van der Waals surface area contributed by atoms with Gasteiger partial charge in [-0.05, 0) is 18.0 Å². The number of nitrogens with zero attached hydrogens (tertiary/aromatic N) is 2. The summed E-state index contributed by atoms with van der Waals surface area (Å²) in [5.74, 6) is -0.165. The summed E-state index contributed by atoms with van der Waals surface area (Å²) in [6.07, 6.45) is 1.67. The summed E-state index contributed by atoms with van der Waals surface area (Å²) in [7, 11) is 1.63. The lowest BCUT2D eigenvalue weighted by atomic mass is 10.2. The standard InChI is InChI=1S/C6H9ClN2O2S2/c1-2-3-5-6(12-9-8-5)4-13(7,10)11/h2-4H2,1H3. The third kappa shape index (κ3) is 3.58. The molecule has 0 N–H and O–H groups in total. The second kappa shape index (κ2) is 4.34. The van der Waals surface area contributed by atoms with Gasteiger partial charge < -0.3 is 0 Å². The fraction of sp³-hybridized carbons (Fsp3) is 0.667. The molecule has 0 saturated carbocycles. The highest BCUT2D eigenvalue weighted by Gasteiger charge is 2.14. The van der Waals surface area contributed by atoms with Crippen molar-refractivity contribution in [2.45, 2.75) is 25.5 Å². The topological polar surface area (TPSA) is 59.9 Å². The zero-order valence-corrected chi connectivity index (χ0v) is 9.42. The van der Waals surface area contributed by atoms with E-state index in [1.54, 1.807) is 0 Å². The van der Waals surface area contributed by atoms with Crippen molar-refractivity contribution in [1.29, 1.82) is 0 Å². The van der Waals surface area contributed by atoms with E-state index in [0.29, 0.717) is 4.88 Å². The molecule has 1 heterocycles. The molecule has 0 amide bonds. The molecule has 1 rings (SSSR count). The Hall–Kier alpha value is -0.200. The summed E-state index contributed by atoms with van der Waals surface area (Å²) in [6, 6.07) is 0. The average Bonchev–Trinajstić information content (AvgIpc) is 2.34. The minimum atomic E-state index is -3.49. The Morgan fingerprint density at radius 3 is 2.77 bits per heavy atom. The van der Waals surface area contributed by atoms with Crippen LogP contribution in [0.25, 0.3) is 0 Å². The molecule has 0 bridgehead atoms. The minimum Gasteiger partial charge on any atom is -0.212 e. The van der Waals surface area contributed by atoms with Gasteiger partial charge in [0.05, 0.1) is 10.6 Å². The zero-order valence-electron chi connectivity index (χ0n) is 7.03. The van der Waals surface area contributed by atoms with Crippen LogP contribution in [0.2, 0.25) is 0 Å². The van der Waals surface area contributed by atoms with Crippen LogP contribution in [0.3, 0.4) is 0 Å². The van der Waals surface area contributed by atoms with E-state index >= 15 is 0 Å². The monoisotopic (exact) mass is 240 g/mol. The van der Waals surface area contributed by atoms with Crippen molar-refractivity contribution in [2.24, 2.45) is 0 Å². The third-order valence-corrected chi connectivity index (χ3v) is 3.33. The van der Waals surface area contributed by atoms with E-state index in [2.05, 4.69) is 9.59 Å². The summed E-state index contributed by atoms with van der Waals surface area (Å²) in [6.45, 7) is 2.00. The minimum absolute atomic E-state index is 0.165. The van der Waals surface area contributed by atoms with Crippen molar-refractivity contribution in [2.75, 3.05) is 0 Å². The molecule has 1 aromatic heterocycles. The van der Waals surface area contributed by atoms with Crippen LogP contribution in [0.5, 0.6) is 0 Å². The number of aromatic nitrogens is 2. The van der Waals surface area contributed by atoms with Crippen LogP contribution in [-0.4, -0.2) is 18.0 Å². The molecule has 0 aromatic carbocycles. The summed E-state index contributed by atoms with van der Waals surface area (Å²) >= 11 is 1.09. The predicted octanol–water partition coefficient (Wildman–Crippen LogP) is 1.56. The maximum Gasteiger partial charge on any atom is 0.237 e. The molecule has 4 nitrogen and oxygen atoms in total. The van der Waals surface area contributed by atoms with Gasteiger partial charge in [-0.15, -0.1) is 5.10 Å². The lowest BCUT2D eigenvalue weighted by Gasteiger charge is -1.95. The van der Waals surface area contributed by atoms with Gasteiger partial charge in [0, 0.05) is 10.7 Å². The largest absolute Gasteiger partial charge is 0.237 e. The summed E-state index contributed by atoms with van der Waals surface area (Å²) in [5, 5.41) is 3.84. The Balaban J connectivity index is 2.82. The fourth-order valence-corrected chi connectivity index (χ4v) is 3.08. The first kappa shape index (κ1) is 10.9. The van der Waals surface area contributed by atoms with E-state index in [1.165, 1.54) is 0 Å². The van der Waals surface area contributed by atoms with Gasteiger partial charge in [-0.1, -0.05) is 17.8 Å². The second-order valence-electron chi connectivity index (χ2n) is 2.58. The van der Waals surface area contributed by atoms with Gasteiger partial charge in [0.25, 0.3) is 0 Å². The lowest BCUT2D eigenvalue weighted by Crippen LogP contribution is -1.97. The van der Waals surface area contributed by atoms with Gasteiger partial charge in [-0.25, -0.2) is 8.42 Å². The van der Waals surface area contributed by atoms with Gasteiger partial charge in [0.2, 0.25) is 9.05 Å². The van der Waals surface area contributed by atoms with E-state index in [-0.39, 0.29) is 5.75 Å². The predicted molar refractivity (Wildman–Crippen MR) is 52.4 cm³/mol. The van der Waals surface area contributed by atoms with Crippen LogP contribution in [0.4, 0.5) is 0 Å². The Kier molecular flexibility index (Phi) is 3.63. The van der Waals surface area contributed by atoms with E-state index in [9.17, 15) is 8.42 Å². The fourth-order valence-electron chi connectivity index (χ4n) is 0.920. The number of hydrogen-bond acceptors (Lipinski definition) is 5. The van der Waals surface area contributed by atoms with Crippen molar-refractivity contribution in [3.8, 4) is 0 Å². The Labute approximate surface area is 85.5 Å². The van der Waals surface area contributed by atoms with Crippen LogP contribution in [-0.2, 0) is 21.2 Å². The zero-order chi connectivity index (χ0) is 9.90. The molecule has 0 aliphatic heterocycles. The lowest BCUT2D eigenvalue weighted by molar-refractivity contribution is 0.609. The Morgan fingerprint density at radius 2 is 2.23 bits per heavy atom. The normalized spacial score (nSPS) is 11.8. The maximum atomic E-state index is 10.8. The highest BCUT2D eigenvalue weighted by Crippen LogP contribution is 2.17. The van der Waals surface area contributed by atoms with Crippen LogP contribution in [0, 0.1) is 0 Å². The number of hydrogen-bond donors (Lipinski definition) is 0. The number of rotatable bonds is 4. The highest BCUT2D eigenvalue weighted by atomic mass is 35.7. The van der Waals surface area contributed by atoms with Gasteiger partial charge in [0.15, 0.2) is 0 Å². The third-order valence-electron chi connectivity index (χ3n) is 1.42. The van der Waals surface area contributed by atoms with E-state index in [0.717, 1.165) is 30.1 Å². The average molecular weight is 241 g/mol. The summed E-state index contributed by atoms with van der Waals surface area (Å²) < 4.78 is 25.2. The molecular weight excluding hydrogens is 232 g/mol. The van der Waals surface area contributed by atoms with E-state index in [4.69, 9.17) is 10.7 Å². The van der Waals surface area contributed by atoms with Gasteiger partial charge >= 0.3 is 0 Å². The molecule has 0 saturated heterocycles. The van der Waals surface area contributed by atoms with Crippen LogP contribution < -0.4 is 0 Å². The van der Waals surface area contributed by atoms with E-state index < -0.39 is 9.05 Å². The highest BCUT2D eigenvalue weighted by molar-refractivity contribution is 8.13. The molecule has 0 radical (unpaired) electrons. The summed E-state index contributed by atoms with van der Waals surface area (Å²) in [5.41, 5.74) is 0.747. The molecule has 0 spiro atoms. The van der Waals surface area contributed by atoms with Crippen LogP contribution in [0.1, 0.15) is 23.9 Å². The molecule has 1 aromatic rings. The van der Waals surface area contributed by atoms with Crippen LogP contribution >= 0.6 is 22.2 Å². The first-order valence-corrected chi connectivity index (χ1v) is 7.00. The molecule has 0 aliphatic carbocycles. The Morgan fingerprint density at radius 1 is 1.54 bits per heavy atom. The first-order chi connectivity index (χ1) is 6.03. The van der Waals surface area contributed by atoms with Crippen molar-refractivity contribution in [1.82, 2.24) is 9.59 Å². The molecule has 0 fully saturated rings. The maximum absolute atomic E-state index is 10.8. The molecule has 0 aliphatic rings. The van der Waals surface area contributed by atoms with Gasteiger partial charge in [-0.3, -0.25) is 0 Å². The smallest absolute Gasteiger partial charge is 0.212 e. The molecule has 0 atom stereocenters. The molecular formula is C6H9ClN2O2S2. The van der Waals surface area contributed by atoms with Gasteiger partial charge in [-0.2, -0.15) is 0 Å². The van der Waals surface area contributed by atoms with Gasteiger partial charge in [0.1, 0.15) is 5.75 Å². The number of aryl methyl sites for hydroxylation is 1. The Bertz CT molecular complexity index is 374. The van der Waals surface area contributed by atoms with Crippen molar-refractivity contribution in [3.63, 3.8) is 0 Å². The van der Waals surface area contributed by atoms with E-state index in [1.807, 2.05) is 6.92 Å². The summed E-state index contributed by atoms with van der Waals surface area (Å²) in [4.78, 5) is 0.650. The van der Waals surface area contributed by atoms with Crippen molar-refractivity contribution >= 4 is 31.3 Å². The SMILES string of the molecule is CCCc1nnsc1CS(=O)(=O)Cl. The first-order valence-electron chi connectivity index (χ1n) is 3.75. The molecule has 7 heteroatoms.